The number of aliphatic hydroxyl groups is 1. The van der Waals surface area contributed by atoms with Gasteiger partial charge in [0, 0.05) is 198 Å². The fourth-order valence-corrected chi connectivity index (χ4v) is 18.9. The molecule has 8 aromatic carbocycles. The third kappa shape index (κ3) is 25.9. The first kappa shape index (κ1) is 101. The van der Waals surface area contributed by atoms with Crippen molar-refractivity contribution in [2.24, 2.45) is 0 Å². The lowest BCUT2D eigenvalue weighted by atomic mass is 10.0. The first-order chi connectivity index (χ1) is 72.8. The number of hydrogen-bond donors (Lipinski definition) is 7. The number of carbonyl (C=O) groups is 1. The van der Waals surface area contributed by atoms with Gasteiger partial charge < -0.3 is 99.2 Å². The molecule has 4 aromatic heterocycles. The minimum Gasteiger partial charge on any atom is -0.489 e. The molecule has 14 heterocycles. The average Bonchev–Trinajstić information content (AvgIpc) is 0.857. The number of nitrogens with zero attached hydrogens (tertiary/aromatic N) is 20. The molecule has 1 amide bonds. The van der Waals surface area contributed by atoms with Crippen LogP contribution in [0.5, 0.6) is 17.2 Å². The summed E-state index contributed by atoms with van der Waals surface area (Å²) in [6, 6.07) is 71.2. The molecule has 10 aliphatic heterocycles. The monoisotopic (exact) mass is 1990 g/mol. The van der Waals surface area contributed by atoms with Crippen LogP contribution in [0.2, 0.25) is 0 Å². The number of morpholine rings is 1. The smallest absolute Gasteiger partial charge is 0.241 e. The van der Waals surface area contributed by atoms with Crippen molar-refractivity contribution >= 4 is 80.4 Å². The molecule has 1 atom stereocenters. The lowest BCUT2D eigenvalue weighted by Gasteiger charge is -2.43. The summed E-state index contributed by atoms with van der Waals surface area (Å²) in [5.74, 6) is 6.08. The van der Waals surface area contributed by atoms with Gasteiger partial charge in [0.25, 0.3) is 0 Å². The summed E-state index contributed by atoms with van der Waals surface area (Å²) in [5, 5.41) is 87.1. The van der Waals surface area contributed by atoms with Gasteiger partial charge in [-0.2, -0.15) is 31.6 Å². The van der Waals surface area contributed by atoms with E-state index in [0.29, 0.717) is 185 Å². The minimum absolute atomic E-state index is 0.0437. The number of ether oxygens (including phenoxy) is 9. The Morgan fingerprint density at radius 1 is 0.351 bits per heavy atom. The third-order valence-electron chi connectivity index (χ3n) is 27.4. The number of aliphatic hydroxyl groups excluding tert-OH is 1. The second-order valence-corrected chi connectivity index (χ2v) is 37.2. The topological polar surface area (TPSA) is 458 Å². The number of anilines is 13. The van der Waals surface area contributed by atoms with E-state index in [4.69, 9.17) is 42.6 Å². The molecule has 10 fully saturated rings. The van der Waals surface area contributed by atoms with Gasteiger partial charge in [-0.05, 0) is 201 Å². The predicted molar refractivity (Wildman–Crippen MR) is 558 cm³/mol. The number of nitriles is 6. The first-order valence-corrected chi connectivity index (χ1v) is 50.3. The van der Waals surface area contributed by atoms with E-state index in [0.717, 1.165) is 203 Å². The van der Waals surface area contributed by atoms with Gasteiger partial charge >= 0.3 is 0 Å². The van der Waals surface area contributed by atoms with E-state index in [2.05, 4.69) is 169 Å². The van der Waals surface area contributed by atoms with Crippen molar-refractivity contribution in [1.29, 1.82) is 31.6 Å². The average molecular weight is 1990 g/mol. The molecule has 0 bridgehead atoms. The number of hydrogen-bond acceptors (Lipinski definition) is 36. The Bertz CT molecular complexity index is 6870. The van der Waals surface area contributed by atoms with E-state index in [1.54, 1.807) is 85.5 Å². The zero-order valence-corrected chi connectivity index (χ0v) is 82.0. The number of aromatic nitrogens is 8. The molecule has 7 N–H and O–H groups in total. The molecule has 0 radical (unpaired) electrons. The van der Waals surface area contributed by atoms with Crippen LogP contribution in [0.1, 0.15) is 84.7 Å². The Morgan fingerprint density at radius 3 is 1.11 bits per heavy atom. The van der Waals surface area contributed by atoms with E-state index in [-0.39, 0.29) is 36.4 Å². The molecule has 754 valence electrons. The standard InChI is InChI=1S/C30H31N7O3.C28H27N5O4.C27H29N7O2.C26H27N7O2/c31-17-22-16-24(2-3-27(22)37-11-9-36(10-12-37)25-19-39-20-25)34-29-5-8-33-30(35-29)21-1-4-28(23(15-21)18-32)40-26-6-13-38-14-7-26;29-17-20-15-19(1-3-25(20)36-23-6-11-34-12-7-23)28-31-10-5-27(33-28)32-22-2-4-26(21(16-22)18-30)37-24-8-13-35-14-9-24;28-14-20-13-19(1-6-25(20)34-15-24(35)16-34)27-29-8-7-26(31-27)30-21-2-4-22(5-3-21)32-9-11-33(12-10-32)23-17-36-18-23;27-17-19-16-18(3-8-22(19)31-26(34)23-2-1-10-28-23)25-29-11-9-24(32-25)30-20-4-6-21(7-5-20)33-12-14-35-15-13-33/h1-5,8,15-16,25-26H,6-7,9-14,19-20H2,(H,33,34,35);1-5,10,15-16,23-24H,6-9,11-14H2,(H,31,32,33);1-8,13,23-24,35H,9-12,15-18H2,(H,29,30,31);3-9,11,16,23,28H,1-2,10,12-15H2,(H,31,34)(H,29,30,32). The Kier molecular flexibility index (Phi) is 33.4. The Labute approximate surface area is 858 Å². The summed E-state index contributed by atoms with van der Waals surface area (Å²) in [5.41, 5.74) is 13.8. The maximum Gasteiger partial charge on any atom is 0.241 e. The summed E-state index contributed by atoms with van der Waals surface area (Å²) in [7, 11) is 0. The van der Waals surface area contributed by atoms with Gasteiger partial charge in [-0.1, -0.05) is 0 Å². The van der Waals surface area contributed by atoms with Crippen molar-refractivity contribution in [3.05, 3.63) is 240 Å². The van der Waals surface area contributed by atoms with Crippen LogP contribution in [0.25, 0.3) is 45.6 Å². The highest BCUT2D eigenvalue weighted by Crippen LogP contribution is 2.38. The summed E-state index contributed by atoms with van der Waals surface area (Å²) < 4.78 is 50.4. The highest BCUT2D eigenvalue weighted by molar-refractivity contribution is 5.96. The van der Waals surface area contributed by atoms with Crippen molar-refractivity contribution in [2.75, 3.05) is 211 Å². The molecule has 1 unspecified atom stereocenters. The van der Waals surface area contributed by atoms with Crippen LogP contribution < -0.4 is 65.7 Å². The molecule has 10 aliphatic rings. The summed E-state index contributed by atoms with van der Waals surface area (Å²) in [4.78, 5) is 62.6. The van der Waals surface area contributed by atoms with Crippen molar-refractivity contribution in [1.82, 2.24) is 55.0 Å². The number of nitrogens with one attached hydrogen (secondary N) is 6. The van der Waals surface area contributed by atoms with Crippen LogP contribution in [0.15, 0.2) is 207 Å². The highest BCUT2D eigenvalue weighted by atomic mass is 16.5. The van der Waals surface area contributed by atoms with Gasteiger partial charge in [0.2, 0.25) is 5.91 Å². The summed E-state index contributed by atoms with van der Waals surface area (Å²) in [6.07, 6.45) is 13.2. The normalized spacial score (nSPS) is 17.8. The molecule has 148 heavy (non-hydrogen) atoms. The molecule has 22 rings (SSSR count). The molecule has 10 saturated heterocycles. The Balaban J connectivity index is 0.000000124. The van der Waals surface area contributed by atoms with Crippen LogP contribution in [-0.4, -0.2) is 268 Å². The van der Waals surface area contributed by atoms with Crippen LogP contribution in [0.4, 0.5) is 74.5 Å². The zero-order valence-electron chi connectivity index (χ0n) is 82.0. The van der Waals surface area contributed by atoms with Crippen LogP contribution in [0, 0.1) is 68.0 Å². The molecule has 0 spiro atoms. The van der Waals surface area contributed by atoms with E-state index in [1.165, 1.54) is 11.4 Å². The van der Waals surface area contributed by atoms with Gasteiger partial charge in [-0.25, -0.2) is 39.9 Å². The molecule has 37 heteroatoms. The van der Waals surface area contributed by atoms with Crippen molar-refractivity contribution in [3.8, 4) is 99.2 Å². The number of amides is 1. The Morgan fingerprint density at radius 2 is 0.696 bits per heavy atom. The maximum absolute atomic E-state index is 12.4. The van der Waals surface area contributed by atoms with Crippen molar-refractivity contribution in [2.45, 2.75) is 93.9 Å². The molecule has 0 saturated carbocycles. The second kappa shape index (κ2) is 49.2. The number of rotatable bonds is 26. The largest absolute Gasteiger partial charge is 0.489 e. The molecule has 37 nitrogen and oxygen atoms in total. The predicted octanol–water partition coefficient (Wildman–Crippen LogP) is 14.2. The van der Waals surface area contributed by atoms with Gasteiger partial charge in [-0.3, -0.25) is 14.6 Å². The first-order valence-electron chi connectivity index (χ1n) is 50.3. The van der Waals surface area contributed by atoms with Gasteiger partial charge in [0.1, 0.15) is 95.2 Å². The third-order valence-corrected chi connectivity index (χ3v) is 27.4. The quantitative estimate of drug-likeness (QED) is 0.0265. The number of carbonyl (C=O) groups excluding carboxylic acids is 1. The minimum atomic E-state index is -0.325. The SMILES string of the molecule is N#Cc1cc(-c2nccc(Nc3ccc(N4CCN(C5COC5)CC4)c(C#N)c3)n2)ccc1OC1CCOCC1.N#Cc1cc(-c2nccc(Nc3ccc(N4CCN(C5COC5)CC4)cc3)n2)ccc1N1CC(O)C1.N#Cc1cc(-c2nccc(Nc3ccc(N4CCOCC4)cc3)n2)ccc1NC(=O)C1CCCN1.N#Cc1cc(Nc2ccnc(-c3ccc(OC4CCOCC4)c(C#N)c3)n2)ccc1OC1CCOCC1. The molecular formula is C111H114N26O11. The van der Waals surface area contributed by atoms with E-state index < -0.39 is 0 Å². The molecule has 0 aliphatic carbocycles. The van der Waals surface area contributed by atoms with Crippen LogP contribution in [-0.2, 0) is 33.2 Å². The summed E-state index contributed by atoms with van der Waals surface area (Å²) in [6.45, 7) is 20.6. The highest BCUT2D eigenvalue weighted by Gasteiger charge is 2.34. The van der Waals surface area contributed by atoms with E-state index in [1.807, 2.05) is 89.8 Å². The number of β-amino-alcohol motifs (C(OH)–C–C–N with tert-alkyl or cyclic N) is 1. The van der Waals surface area contributed by atoms with Crippen LogP contribution in [0.3, 0.4) is 0 Å². The van der Waals surface area contributed by atoms with Gasteiger partial charge in [0.05, 0.1) is 154 Å². The fraction of sp³-hybridized carbons (Fsp3) is 0.360. The number of piperazine rings is 2. The lowest BCUT2D eigenvalue weighted by Crippen LogP contribution is -2.56. The lowest BCUT2D eigenvalue weighted by molar-refractivity contribution is -0.117. The maximum atomic E-state index is 12.4. The summed E-state index contributed by atoms with van der Waals surface area (Å²) >= 11 is 0. The number of benzene rings is 8. The zero-order chi connectivity index (χ0) is 101. The van der Waals surface area contributed by atoms with Gasteiger partial charge in [-0.15, -0.1) is 0 Å². The van der Waals surface area contributed by atoms with Crippen LogP contribution >= 0.6 is 0 Å². The Hall–Kier alpha value is -16.1. The van der Waals surface area contributed by atoms with Crippen molar-refractivity contribution < 1.29 is 52.5 Å². The van der Waals surface area contributed by atoms with Crippen molar-refractivity contribution in [3.63, 3.8) is 0 Å². The van der Waals surface area contributed by atoms with E-state index >= 15 is 0 Å². The van der Waals surface area contributed by atoms with E-state index in [9.17, 15) is 41.5 Å². The molecular weight excluding hydrogens is 1870 g/mol. The van der Waals surface area contributed by atoms with Gasteiger partial charge in [0.15, 0.2) is 23.3 Å². The molecule has 12 aromatic rings. The fourth-order valence-electron chi connectivity index (χ4n) is 18.9. The second-order valence-electron chi connectivity index (χ2n) is 37.2.